The first-order valence-electron chi connectivity index (χ1n) is 11.4. The van der Waals surface area contributed by atoms with Crippen molar-refractivity contribution in [2.24, 2.45) is 11.8 Å². The summed E-state index contributed by atoms with van der Waals surface area (Å²) in [7, 11) is 0. The van der Waals surface area contributed by atoms with Crippen LogP contribution in [0.5, 0.6) is 0 Å². The van der Waals surface area contributed by atoms with Crippen molar-refractivity contribution in [3.63, 3.8) is 0 Å². The lowest BCUT2D eigenvalue weighted by atomic mass is 9.92. The molecular weight excluding hydrogens is 419 g/mol. The average molecular weight is 447 g/mol. The molecule has 0 unspecified atom stereocenters. The van der Waals surface area contributed by atoms with Crippen molar-refractivity contribution < 1.29 is 9.18 Å². The van der Waals surface area contributed by atoms with Crippen LogP contribution in [0.4, 0.5) is 4.39 Å². The number of rotatable bonds is 4. The minimum atomic E-state index is -0.341. The van der Waals surface area contributed by atoms with E-state index in [0.29, 0.717) is 41.4 Å². The number of amides is 1. The van der Waals surface area contributed by atoms with Crippen molar-refractivity contribution in [1.82, 2.24) is 19.2 Å². The molecule has 1 aliphatic heterocycles. The monoisotopic (exact) mass is 446 g/mol. The number of hydrogen-bond donors (Lipinski definition) is 0. The number of aromatic nitrogens is 3. The normalized spacial score (nSPS) is 18.8. The molecule has 33 heavy (non-hydrogen) atoms. The lowest BCUT2D eigenvalue weighted by molar-refractivity contribution is -0.134. The summed E-state index contributed by atoms with van der Waals surface area (Å²) in [6, 6.07) is 14.2. The highest BCUT2D eigenvalue weighted by Crippen LogP contribution is 2.27. The molecule has 0 N–H and O–H groups in total. The van der Waals surface area contributed by atoms with Crippen molar-refractivity contribution in [3.8, 4) is 0 Å². The van der Waals surface area contributed by atoms with Crippen molar-refractivity contribution in [1.29, 1.82) is 0 Å². The summed E-state index contributed by atoms with van der Waals surface area (Å²) in [6.07, 6.45) is 2.75. The fourth-order valence-corrected chi connectivity index (χ4v) is 5.16. The van der Waals surface area contributed by atoms with Gasteiger partial charge in [0.2, 0.25) is 5.91 Å². The maximum absolute atomic E-state index is 14.4. The van der Waals surface area contributed by atoms with E-state index in [0.717, 1.165) is 17.3 Å². The molecule has 4 aromatic rings. The molecule has 0 radical (unpaired) electrons. The molecule has 1 aliphatic rings. The van der Waals surface area contributed by atoms with Gasteiger partial charge in [-0.15, -0.1) is 0 Å². The quantitative estimate of drug-likeness (QED) is 0.475. The Morgan fingerprint density at radius 1 is 1.03 bits per heavy atom. The van der Waals surface area contributed by atoms with Crippen LogP contribution in [0.25, 0.3) is 21.8 Å². The molecule has 0 spiro atoms. The maximum Gasteiger partial charge on any atom is 0.291 e. The fourth-order valence-electron chi connectivity index (χ4n) is 5.16. The van der Waals surface area contributed by atoms with Crippen molar-refractivity contribution in [3.05, 3.63) is 76.5 Å². The van der Waals surface area contributed by atoms with Crippen LogP contribution in [-0.4, -0.2) is 38.2 Å². The van der Waals surface area contributed by atoms with Gasteiger partial charge in [0.1, 0.15) is 17.9 Å². The van der Waals surface area contributed by atoms with E-state index in [2.05, 4.69) is 18.9 Å². The zero-order chi connectivity index (χ0) is 23.1. The van der Waals surface area contributed by atoms with Crippen molar-refractivity contribution in [2.45, 2.75) is 33.4 Å². The van der Waals surface area contributed by atoms with Crippen LogP contribution in [0, 0.1) is 17.7 Å². The van der Waals surface area contributed by atoms with Gasteiger partial charge in [-0.25, -0.2) is 9.07 Å². The highest BCUT2D eigenvalue weighted by Gasteiger charge is 2.26. The third-order valence-corrected chi connectivity index (χ3v) is 6.57. The first kappa shape index (κ1) is 21.4. The van der Waals surface area contributed by atoms with E-state index >= 15 is 0 Å². The second kappa shape index (κ2) is 8.46. The van der Waals surface area contributed by atoms with Gasteiger partial charge >= 0.3 is 0 Å². The fraction of sp³-hybridized carbons (Fsp3) is 0.346. The Hall–Kier alpha value is -3.48. The summed E-state index contributed by atoms with van der Waals surface area (Å²) in [4.78, 5) is 28.4. The smallest absolute Gasteiger partial charge is 0.291 e. The summed E-state index contributed by atoms with van der Waals surface area (Å²) >= 11 is 0. The van der Waals surface area contributed by atoms with Crippen LogP contribution >= 0.6 is 0 Å². The van der Waals surface area contributed by atoms with Crippen LogP contribution in [0.1, 0.15) is 25.8 Å². The predicted octanol–water partition coefficient (Wildman–Crippen LogP) is 4.04. The predicted molar refractivity (Wildman–Crippen MR) is 127 cm³/mol. The van der Waals surface area contributed by atoms with E-state index < -0.39 is 0 Å². The van der Waals surface area contributed by atoms with Crippen LogP contribution in [0.3, 0.4) is 0 Å². The van der Waals surface area contributed by atoms with E-state index in [-0.39, 0.29) is 30.4 Å². The van der Waals surface area contributed by atoms with E-state index in [1.807, 2.05) is 33.7 Å². The summed E-state index contributed by atoms with van der Waals surface area (Å²) in [5, 5.41) is 5.92. The number of benzene rings is 2. The summed E-state index contributed by atoms with van der Waals surface area (Å²) < 4.78 is 17.5. The Balaban J connectivity index is 1.58. The molecule has 6 nitrogen and oxygen atoms in total. The first-order chi connectivity index (χ1) is 15.9. The molecule has 1 fully saturated rings. The molecular formula is C26H27FN4O2. The van der Waals surface area contributed by atoms with E-state index in [1.165, 1.54) is 10.7 Å². The molecule has 0 saturated carbocycles. The molecule has 2 aromatic heterocycles. The number of fused-ring (bicyclic) bond motifs is 3. The molecule has 5 rings (SSSR count). The van der Waals surface area contributed by atoms with Gasteiger partial charge in [-0.1, -0.05) is 50.2 Å². The Morgan fingerprint density at radius 3 is 2.48 bits per heavy atom. The molecule has 0 bridgehead atoms. The maximum atomic E-state index is 14.4. The van der Waals surface area contributed by atoms with Gasteiger partial charge in [0, 0.05) is 34.9 Å². The number of carbonyl (C=O) groups excluding carboxylic acids is 1. The average Bonchev–Trinajstić information content (AvgIpc) is 3.11. The number of para-hydroxylation sites is 1. The van der Waals surface area contributed by atoms with Crippen LogP contribution in [-0.2, 0) is 17.9 Å². The lowest BCUT2D eigenvalue weighted by Gasteiger charge is -2.35. The highest BCUT2D eigenvalue weighted by atomic mass is 19.1. The van der Waals surface area contributed by atoms with Gasteiger partial charge in [-0.2, -0.15) is 5.10 Å². The van der Waals surface area contributed by atoms with Crippen LogP contribution < -0.4 is 5.56 Å². The molecule has 7 heteroatoms. The van der Waals surface area contributed by atoms with Gasteiger partial charge in [-0.05, 0) is 30.4 Å². The van der Waals surface area contributed by atoms with Gasteiger partial charge in [0.25, 0.3) is 5.56 Å². The second-order valence-corrected chi connectivity index (χ2v) is 9.31. The zero-order valence-electron chi connectivity index (χ0n) is 18.9. The largest absolute Gasteiger partial charge is 0.341 e. The minimum Gasteiger partial charge on any atom is -0.341 e. The van der Waals surface area contributed by atoms with Gasteiger partial charge in [0.15, 0.2) is 0 Å². The number of likely N-dealkylation sites (tertiary alicyclic amines) is 1. The first-order valence-corrected chi connectivity index (χ1v) is 11.4. The second-order valence-electron chi connectivity index (χ2n) is 9.31. The molecule has 3 heterocycles. The third kappa shape index (κ3) is 3.92. The number of carbonyl (C=O) groups is 1. The summed E-state index contributed by atoms with van der Waals surface area (Å²) in [5.41, 5.74) is 1.42. The number of piperidine rings is 1. The van der Waals surface area contributed by atoms with Gasteiger partial charge in [0.05, 0.1) is 12.7 Å². The number of halogens is 1. The standard InChI is InChI=1S/C26H27FN4O2/c1-17-11-18(2)14-29(13-17)24(32)16-31-26(33)25-21(12-28-31)20-8-4-6-10-23(20)30(25)15-19-7-3-5-9-22(19)27/h3-10,12,17-18H,11,13-16H2,1-2H3/t17-,18+. The summed E-state index contributed by atoms with van der Waals surface area (Å²) in [6.45, 7) is 5.81. The molecule has 1 saturated heterocycles. The Bertz CT molecular complexity index is 1400. The van der Waals surface area contributed by atoms with E-state index in [9.17, 15) is 14.0 Å². The highest BCUT2D eigenvalue weighted by molar-refractivity contribution is 6.07. The minimum absolute atomic E-state index is 0.0980. The molecule has 2 atom stereocenters. The summed E-state index contributed by atoms with van der Waals surface area (Å²) in [5.74, 6) is 0.460. The molecule has 0 aliphatic carbocycles. The van der Waals surface area contributed by atoms with Crippen LogP contribution in [0.15, 0.2) is 59.5 Å². The third-order valence-electron chi connectivity index (χ3n) is 6.57. The Labute approximate surface area is 191 Å². The van der Waals surface area contributed by atoms with Gasteiger partial charge < -0.3 is 9.47 Å². The molecule has 1 amide bonds. The zero-order valence-corrected chi connectivity index (χ0v) is 18.9. The topological polar surface area (TPSA) is 60.1 Å². The molecule has 2 aromatic carbocycles. The van der Waals surface area contributed by atoms with Crippen molar-refractivity contribution in [2.75, 3.05) is 13.1 Å². The Morgan fingerprint density at radius 2 is 1.73 bits per heavy atom. The van der Waals surface area contributed by atoms with E-state index in [4.69, 9.17) is 0 Å². The Kier molecular flexibility index (Phi) is 5.48. The number of nitrogens with zero attached hydrogens (tertiary/aromatic N) is 4. The van der Waals surface area contributed by atoms with E-state index in [1.54, 1.807) is 24.4 Å². The van der Waals surface area contributed by atoms with Crippen LogP contribution in [0.2, 0.25) is 0 Å². The lowest BCUT2D eigenvalue weighted by Crippen LogP contribution is -2.45. The molecule has 170 valence electrons. The number of hydrogen-bond acceptors (Lipinski definition) is 3. The van der Waals surface area contributed by atoms with Crippen molar-refractivity contribution >= 4 is 27.7 Å². The van der Waals surface area contributed by atoms with Gasteiger partial charge in [-0.3, -0.25) is 9.59 Å². The SMILES string of the molecule is C[C@@H]1C[C@H](C)CN(C(=O)Cn2ncc3c4ccccc4n(Cc4ccccc4F)c3c2=O)C1.